The lowest BCUT2D eigenvalue weighted by Gasteiger charge is -2.39. The summed E-state index contributed by atoms with van der Waals surface area (Å²) >= 11 is 0. The molecule has 1 heterocycles. The Kier molecular flexibility index (Phi) is 2.65. The van der Waals surface area contributed by atoms with Gasteiger partial charge in [0, 0.05) is 25.7 Å². The zero-order chi connectivity index (χ0) is 7.56. The van der Waals surface area contributed by atoms with Crippen LogP contribution in [0.4, 0.5) is 0 Å². The zero-order valence-corrected chi connectivity index (χ0v) is 6.67. The Hall–Kier alpha value is -0.120. The monoisotopic (exact) mass is 144 g/mol. The van der Waals surface area contributed by atoms with Crippen molar-refractivity contribution in [2.75, 3.05) is 26.7 Å². The summed E-state index contributed by atoms with van der Waals surface area (Å²) in [6.07, 6.45) is -0.183. The van der Waals surface area contributed by atoms with Crippen molar-refractivity contribution in [1.29, 1.82) is 0 Å². The molecule has 0 spiro atoms. The first-order valence-corrected chi connectivity index (χ1v) is 3.80. The van der Waals surface area contributed by atoms with E-state index in [-0.39, 0.29) is 6.10 Å². The number of nitrogens with zero attached hydrogens (tertiary/aromatic N) is 1. The van der Waals surface area contributed by atoms with Gasteiger partial charge < -0.3 is 10.4 Å². The average molecular weight is 144 g/mol. The zero-order valence-electron chi connectivity index (χ0n) is 6.67. The van der Waals surface area contributed by atoms with E-state index < -0.39 is 0 Å². The SMILES string of the molecule is CNC1CN(CC(C)O)C1. The summed E-state index contributed by atoms with van der Waals surface area (Å²) < 4.78 is 0. The van der Waals surface area contributed by atoms with Crippen LogP contribution in [0.15, 0.2) is 0 Å². The quantitative estimate of drug-likeness (QED) is 0.548. The molecular weight excluding hydrogens is 128 g/mol. The summed E-state index contributed by atoms with van der Waals surface area (Å²) in [5, 5.41) is 12.2. The number of likely N-dealkylation sites (N-methyl/N-ethyl adjacent to an activating group) is 1. The summed E-state index contributed by atoms with van der Waals surface area (Å²) in [5.74, 6) is 0. The van der Waals surface area contributed by atoms with Crippen molar-refractivity contribution in [1.82, 2.24) is 10.2 Å². The smallest absolute Gasteiger partial charge is 0.0639 e. The minimum atomic E-state index is -0.183. The molecule has 60 valence electrons. The van der Waals surface area contributed by atoms with Gasteiger partial charge in [0.1, 0.15) is 0 Å². The normalized spacial score (nSPS) is 24.3. The number of aliphatic hydroxyl groups is 1. The number of aliphatic hydroxyl groups excluding tert-OH is 1. The molecule has 3 heteroatoms. The van der Waals surface area contributed by atoms with E-state index in [0.29, 0.717) is 6.04 Å². The van der Waals surface area contributed by atoms with Gasteiger partial charge in [-0.25, -0.2) is 0 Å². The topological polar surface area (TPSA) is 35.5 Å². The maximum atomic E-state index is 8.98. The summed E-state index contributed by atoms with van der Waals surface area (Å²) in [7, 11) is 1.98. The van der Waals surface area contributed by atoms with Gasteiger partial charge in [0.2, 0.25) is 0 Å². The minimum Gasteiger partial charge on any atom is -0.392 e. The molecule has 1 aliphatic heterocycles. The van der Waals surface area contributed by atoms with E-state index in [9.17, 15) is 0 Å². The van der Waals surface area contributed by atoms with Crippen molar-refractivity contribution in [3.05, 3.63) is 0 Å². The van der Waals surface area contributed by atoms with Crippen molar-refractivity contribution in [3.8, 4) is 0 Å². The molecule has 1 atom stereocenters. The molecule has 1 fully saturated rings. The first kappa shape index (κ1) is 7.98. The van der Waals surface area contributed by atoms with E-state index in [1.54, 1.807) is 0 Å². The third-order valence-corrected chi connectivity index (χ3v) is 1.89. The van der Waals surface area contributed by atoms with E-state index >= 15 is 0 Å². The molecule has 10 heavy (non-hydrogen) atoms. The summed E-state index contributed by atoms with van der Waals surface area (Å²) in [5.41, 5.74) is 0. The van der Waals surface area contributed by atoms with Gasteiger partial charge in [-0.3, -0.25) is 4.90 Å². The Morgan fingerprint density at radius 1 is 1.70 bits per heavy atom. The summed E-state index contributed by atoms with van der Waals surface area (Å²) in [6.45, 7) is 4.81. The van der Waals surface area contributed by atoms with Crippen molar-refractivity contribution in [2.24, 2.45) is 0 Å². The second kappa shape index (κ2) is 3.32. The van der Waals surface area contributed by atoms with Gasteiger partial charge in [0.15, 0.2) is 0 Å². The molecule has 0 aromatic carbocycles. The molecule has 0 bridgehead atoms. The average Bonchev–Trinajstić information content (AvgIpc) is 1.76. The number of rotatable bonds is 3. The van der Waals surface area contributed by atoms with E-state index in [1.807, 2.05) is 14.0 Å². The second-order valence-electron chi connectivity index (χ2n) is 3.05. The van der Waals surface area contributed by atoms with E-state index in [0.717, 1.165) is 19.6 Å². The Bertz CT molecular complexity index is 99.8. The molecule has 0 amide bonds. The van der Waals surface area contributed by atoms with Crippen molar-refractivity contribution < 1.29 is 5.11 Å². The van der Waals surface area contributed by atoms with Gasteiger partial charge >= 0.3 is 0 Å². The van der Waals surface area contributed by atoms with Gasteiger partial charge in [0.25, 0.3) is 0 Å². The van der Waals surface area contributed by atoms with Gasteiger partial charge in [-0.1, -0.05) is 0 Å². The van der Waals surface area contributed by atoms with Crippen LogP contribution in [-0.2, 0) is 0 Å². The Balaban J connectivity index is 2.03. The van der Waals surface area contributed by atoms with Crippen LogP contribution in [0.5, 0.6) is 0 Å². The van der Waals surface area contributed by atoms with Crippen LogP contribution in [0.25, 0.3) is 0 Å². The molecule has 1 rings (SSSR count). The lowest BCUT2D eigenvalue weighted by atomic mass is 10.1. The highest BCUT2D eigenvalue weighted by Crippen LogP contribution is 2.06. The standard InChI is InChI=1S/C7H16N2O/c1-6(10)3-9-4-7(5-9)8-2/h6-8,10H,3-5H2,1-2H3. The van der Waals surface area contributed by atoms with Crippen LogP contribution in [0, 0.1) is 0 Å². The molecule has 0 radical (unpaired) electrons. The molecule has 0 aliphatic carbocycles. The maximum Gasteiger partial charge on any atom is 0.0639 e. The van der Waals surface area contributed by atoms with Crippen LogP contribution >= 0.6 is 0 Å². The predicted octanol–water partition coefficient (Wildman–Crippen LogP) is -0.729. The molecular formula is C7H16N2O. The molecule has 3 nitrogen and oxygen atoms in total. The Morgan fingerprint density at radius 2 is 2.30 bits per heavy atom. The molecule has 0 aromatic heterocycles. The second-order valence-corrected chi connectivity index (χ2v) is 3.05. The third-order valence-electron chi connectivity index (χ3n) is 1.89. The first-order valence-electron chi connectivity index (χ1n) is 3.80. The molecule has 0 saturated carbocycles. The molecule has 1 saturated heterocycles. The number of β-amino-alcohol motifs (C(OH)–C–C–N with tert-alkyl or cyclic N) is 1. The lowest BCUT2D eigenvalue weighted by molar-refractivity contribution is 0.0668. The fourth-order valence-corrected chi connectivity index (χ4v) is 1.28. The Morgan fingerprint density at radius 3 is 2.70 bits per heavy atom. The Labute approximate surface area is 62.0 Å². The van der Waals surface area contributed by atoms with Crippen LogP contribution in [0.1, 0.15) is 6.92 Å². The van der Waals surface area contributed by atoms with Gasteiger partial charge in [-0.15, -0.1) is 0 Å². The fraction of sp³-hybridized carbons (Fsp3) is 1.00. The number of hydrogen-bond donors (Lipinski definition) is 2. The first-order chi connectivity index (χ1) is 4.72. The highest BCUT2D eigenvalue weighted by atomic mass is 16.3. The molecule has 1 aliphatic rings. The molecule has 1 unspecified atom stereocenters. The van der Waals surface area contributed by atoms with E-state index in [2.05, 4.69) is 10.2 Å². The van der Waals surface area contributed by atoms with Crippen LogP contribution in [-0.4, -0.2) is 48.8 Å². The molecule has 0 aromatic rings. The number of hydrogen-bond acceptors (Lipinski definition) is 3. The van der Waals surface area contributed by atoms with Crippen LogP contribution < -0.4 is 5.32 Å². The maximum absolute atomic E-state index is 8.98. The summed E-state index contributed by atoms with van der Waals surface area (Å²) in [6, 6.07) is 0.652. The third kappa shape index (κ3) is 1.94. The van der Waals surface area contributed by atoms with Crippen LogP contribution in [0.3, 0.4) is 0 Å². The highest BCUT2D eigenvalue weighted by Gasteiger charge is 2.25. The lowest BCUT2D eigenvalue weighted by Crippen LogP contribution is -2.58. The van der Waals surface area contributed by atoms with Crippen molar-refractivity contribution >= 4 is 0 Å². The summed E-state index contributed by atoms with van der Waals surface area (Å²) in [4.78, 5) is 2.24. The largest absolute Gasteiger partial charge is 0.392 e. The van der Waals surface area contributed by atoms with Crippen molar-refractivity contribution in [3.63, 3.8) is 0 Å². The van der Waals surface area contributed by atoms with Crippen molar-refractivity contribution in [2.45, 2.75) is 19.1 Å². The van der Waals surface area contributed by atoms with Crippen LogP contribution in [0.2, 0.25) is 0 Å². The van der Waals surface area contributed by atoms with E-state index in [4.69, 9.17) is 5.11 Å². The van der Waals surface area contributed by atoms with E-state index in [1.165, 1.54) is 0 Å². The number of likely N-dealkylation sites (tertiary alicyclic amines) is 1. The fourth-order valence-electron chi connectivity index (χ4n) is 1.28. The van der Waals surface area contributed by atoms with Gasteiger partial charge in [0.05, 0.1) is 6.10 Å². The molecule has 2 N–H and O–H groups in total. The van der Waals surface area contributed by atoms with Gasteiger partial charge in [-0.2, -0.15) is 0 Å². The number of nitrogens with one attached hydrogen (secondary N) is 1. The van der Waals surface area contributed by atoms with Gasteiger partial charge in [-0.05, 0) is 14.0 Å². The minimum absolute atomic E-state index is 0.183. The predicted molar refractivity (Wildman–Crippen MR) is 41.0 cm³/mol. The highest BCUT2D eigenvalue weighted by molar-refractivity contribution is 4.84.